The molecule has 0 aliphatic carbocycles. The molecule has 2 nitrogen and oxygen atoms in total. The largest absolute Gasteiger partial charge is 0.394 e. The highest BCUT2D eigenvalue weighted by Crippen LogP contribution is 2.39. The highest BCUT2D eigenvalue weighted by atomic mass is 19.1. The van der Waals surface area contributed by atoms with E-state index >= 15 is 0 Å². The summed E-state index contributed by atoms with van der Waals surface area (Å²) in [6, 6.07) is 0. The van der Waals surface area contributed by atoms with Crippen LogP contribution >= 0.6 is 0 Å². The Hall–Kier alpha value is -0.150. The fourth-order valence-electron chi connectivity index (χ4n) is 2.11. The lowest BCUT2D eigenvalue weighted by molar-refractivity contribution is 0.0996. The molecular formula is C8H14FNO. The summed E-state index contributed by atoms with van der Waals surface area (Å²) < 4.78 is 35.5. The first-order valence-corrected chi connectivity index (χ1v) is 3.93. The van der Waals surface area contributed by atoms with E-state index in [2.05, 4.69) is 0 Å². The zero-order valence-corrected chi connectivity index (χ0v) is 6.31. The van der Waals surface area contributed by atoms with Crippen molar-refractivity contribution in [3.63, 3.8) is 0 Å². The van der Waals surface area contributed by atoms with Gasteiger partial charge in [0.15, 0.2) is 0 Å². The maximum absolute atomic E-state index is 13.5. The van der Waals surface area contributed by atoms with Crippen molar-refractivity contribution in [2.45, 2.75) is 30.9 Å². The molecule has 0 aromatic heterocycles. The zero-order valence-electron chi connectivity index (χ0n) is 9.31. The van der Waals surface area contributed by atoms with Gasteiger partial charge in [-0.1, -0.05) is 0 Å². The van der Waals surface area contributed by atoms with Gasteiger partial charge in [0.1, 0.15) is 6.15 Å². The first-order valence-electron chi connectivity index (χ1n) is 5.43. The number of rotatable bonds is 1. The van der Waals surface area contributed by atoms with E-state index in [-0.39, 0.29) is 13.0 Å². The fraction of sp³-hybridized carbons (Fsp3) is 1.00. The predicted molar refractivity (Wildman–Crippen MR) is 40.1 cm³/mol. The van der Waals surface area contributed by atoms with Crippen molar-refractivity contribution in [3.8, 4) is 0 Å². The summed E-state index contributed by atoms with van der Waals surface area (Å²) >= 11 is 0. The molecule has 2 saturated heterocycles. The smallest absolute Gasteiger partial charge is 0.115 e. The van der Waals surface area contributed by atoms with E-state index in [0.29, 0.717) is 13.0 Å². The summed E-state index contributed by atoms with van der Waals surface area (Å²) in [7, 11) is 0. The highest BCUT2D eigenvalue weighted by Gasteiger charge is 2.47. The summed E-state index contributed by atoms with van der Waals surface area (Å²) in [5.41, 5.74) is -1.16. The van der Waals surface area contributed by atoms with Crippen molar-refractivity contribution >= 4 is 0 Å². The van der Waals surface area contributed by atoms with E-state index in [9.17, 15) is 9.50 Å². The molecule has 2 aliphatic heterocycles. The van der Waals surface area contributed by atoms with E-state index in [0.717, 1.165) is 6.42 Å². The Kier molecular flexibility index (Phi) is 1.05. The van der Waals surface area contributed by atoms with E-state index in [4.69, 9.17) is 4.11 Å². The topological polar surface area (TPSA) is 23.5 Å². The van der Waals surface area contributed by atoms with Gasteiger partial charge in [-0.2, -0.15) is 0 Å². The molecule has 2 unspecified atom stereocenters. The predicted octanol–water partition coefficient (Wildman–Crippen LogP) is 0.555. The molecule has 0 aromatic carbocycles. The number of nitrogens with zero attached hydrogens (tertiary/aromatic N) is 1. The third kappa shape index (κ3) is 0.983. The lowest BCUT2D eigenvalue weighted by Gasteiger charge is -2.28. The minimum absolute atomic E-state index is 0.0902. The van der Waals surface area contributed by atoms with Crippen molar-refractivity contribution in [3.05, 3.63) is 0 Å². The van der Waals surface area contributed by atoms with Crippen LogP contribution < -0.4 is 0 Å². The average Bonchev–Trinajstić information content (AvgIpc) is 2.37. The summed E-state index contributed by atoms with van der Waals surface area (Å²) in [5, 5.41) is 9.45. The molecule has 64 valence electrons. The zero-order chi connectivity index (χ0) is 10.6. The van der Waals surface area contributed by atoms with E-state index in [1.165, 1.54) is 0 Å². The lowest BCUT2D eigenvalue weighted by atomic mass is 9.95. The molecule has 0 spiro atoms. The summed E-state index contributed by atoms with van der Waals surface area (Å²) in [6.07, 6.45) is -1.16. The number of hydrogen-bond donors (Lipinski definition) is 1. The van der Waals surface area contributed by atoms with Crippen LogP contribution in [-0.4, -0.2) is 41.3 Å². The van der Waals surface area contributed by atoms with Gasteiger partial charge in [0, 0.05) is 18.5 Å². The Morgan fingerprint density at radius 2 is 2.73 bits per heavy atom. The van der Waals surface area contributed by atoms with Crippen LogP contribution in [0.5, 0.6) is 0 Å². The van der Waals surface area contributed by atoms with Gasteiger partial charge in [-0.3, -0.25) is 4.90 Å². The Morgan fingerprint density at radius 3 is 3.36 bits per heavy atom. The van der Waals surface area contributed by atoms with Crippen LogP contribution in [0, 0.1) is 0 Å². The average molecular weight is 162 g/mol. The van der Waals surface area contributed by atoms with Crippen LogP contribution in [0.4, 0.5) is 4.39 Å². The number of alkyl halides is 1. The minimum Gasteiger partial charge on any atom is -0.394 e. The van der Waals surface area contributed by atoms with E-state index < -0.39 is 18.2 Å². The maximum atomic E-state index is 13.5. The normalized spacial score (nSPS) is 56.7. The van der Waals surface area contributed by atoms with Crippen molar-refractivity contribution in [2.75, 3.05) is 19.6 Å². The molecule has 0 amide bonds. The third-order valence-corrected chi connectivity index (χ3v) is 2.68. The second-order valence-corrected chi connectivity index (χ2v) is 3.36. The molecule has 2 fully saturated rings. The number of hydrogen-bond acceptors (Lipinski definition) is 2. The summed E-state index contributed by atoms with van der Waals surface area (Å²) in [5.74, 6) is 0. The number of fused-ring (bicyclic) bond motifs is 1. The molecule has 0 saturated carbocycles. The lowest BCUT2D eigenvalue weighted by Crippen LogP contribution is -2.41. The van der Waals surface area contributed by atoms with Crippen LogP contribution in [0.1, 0.15) is 23.4 Å². The minimum atomic E-state index is -2.42. The van der Waals surface area contributed by atoms with Crippen molar-refractivity contribution in [1.82, 2.24) is 4.90 Å². The van der Waals surface area contributed by atoms with Gasteiger partial charge in [0.2, 0.25) is 0 Å². The van der Waals surface area contributed by atoms with Crippen molar-refractivity contribution in [1.29, 1.82) is 0 Å². The standard InChI is InChI=1S/C8H14FNO/c9-7-4-8(6-11)2-1-3-10(8)5-7/h7,11H,1-6H2/i6D2,7D. The SMILES string of the molecule is [2H]C1(F)CN2CCCC2(C([2H])([2H])O)C1. The van der Waals surface area contributed by atoms with Crippen LogP contribution in [0.25, 0.3) is 0 Å². The molecule has 2 atom stereocenters. The van der Waals surface area contributed by atoms with E-state index in [1.54, 1.807) is 4.90 Å². The molecular weight excluding hydrogens is 145 g/mol. The van der Waals surface area contributed by atoms with Gasteiger partial charge in [0.05, 0.1) is 10.7 Å². The van der Waals surface area contributed by atoms with Gasteiger partial charge in [-0.15, -0.1) is 0 Å². The third-order valence-electron chi connectivity index (χ3n) is 2.68. The van der Waals surface area contributed by atoms with Gasteiger partial charge >= 0.3 is 0 Å². The van der Waals surface area contributed by atoms with Crippen molar-refractivity contribution in [2.24, 2.45) is 0 Å². The Labute approximate surface area is 70.2 Å². The monoisotopic (exact) mass is 162 g/mol. The summed E-state index contributed by atoms with van der Waals surface area (Å²) in [4.78, 5) is 1.58. The first kappa shape index (κ1) is 4.77. The Balaban J connectivity index is 2.33. The molecule has 1 N–H and O–H groups in total. The van der Waals surface area contributed by atoms with Gasteiger partial charge in [-0.05, 0) is 19.4 Å². The van der Waals surface area contributed by atoms with Crippen LogP contribution in [-0.2, 0) is 0 Å². The van der Waals surface area contributed by atoms with Gasteiger partial charge in [0.25, 0.3) is 0 Å². The second-order valence-electron chi connectivity index (χ2n) is 3.36. The molecule has 2 heterocycles. The van der Waals surface area contributed by atoms with Crippen LogP contribution in [0.2, 0.25) is 0 Å². The van der Waals surface area contributed by atoms with E-state index in [1.807, 2.05) is 0 Å². The molecule has 0 aromatic rings. The molecule has 2 aliphatic rings. The fourth-order valence-corrected chi connectivity index (χ4v) is 2.11. The molecule has 3 heteroatoms. The van der Waals surface area contributed by atoms with Crippen LogP contribution in [0.15, 0.2) is 0 Å². The maximum Gasteiger partial charge on any atom is 0.115 e. The van der Waals surface area contributed by atoms with Gasteiger partial charge < -0.3 is 5.11 Å². The van der Waals surface area contributed by atoms with Gasteiger partial charge in [-0.25, -0.2) is 4.39 Å². The highest BCUT2D eigenvalue weighted by molar-refractivity contribution is 5.03. The molecule has 11 heavy (non-hydrogen) atoms. The first-order chi connectivity index (χ1) is 6.27. The van der Waals surface area contributed by atoms with Crippen LogP contribution in [0.3, 0.4) is 0 Å². The Morgan fingerprint density at radius 1 is 1.91 bits per heavy atom. The molecule has 2 rings (SSSR count). The quantitative estimate of drug-likeness (QED) is 0.609. The molecule has 0 radical (unpaired) electrons. The van der Waals surface area contributed by atoms with Crippen molar-refractivity contribution < 1.29 is 13.6 Å². The number of halogens is 1. The number of aliphatic hydroxyl groups is 1. The second kappa shape index (κ2) is 2.42. The molecule has 0 bridgehead atoms. The summed E-state index contributed by atoms with van der Waals surface area (Å²) in [6.45, 7) is -1.93. The Bertz CT molecular complexity index is 255.